The zero-order chi connectivity index (χ0) is 19.4. The number of nitrogens with two attached hydrogens (primary N) is 1. The van der Waals surface area contributed by atoms with Crippen LogP contribution in [0.3, 0.4) is 0 Å². The molecule has 0 fully saturated rings. The van der Waals surface area contributed by atoms with E-state index in [1.807, 2.05) is 0 Å². The van der Waals surface area contributed by atoms with Crippen molar-refractivity contribution in [3.63, 3.8) is 0 Å². The van der Waals surface area contributed by atoms with Gasteiger partial charge in [-0.1, -0.05) is 30.3 Å². The Hall–Kier alpha value is -3.51. The zero-order valence-corrected chi connectivity index (χ0v) is 14.3. The summed E-state index contributed by atoms with van der Waals surface area (Å²) in [4.78, 5) is 24.0. The first-order chi connectivity index (χ1) is 13.0. The van der Waals surface area contributed by atoms with E-state index >= 15 is 0 Å². The van der Waals surface area contributed by atoms with Gasteiger partial charge in [0.2, 0.25) is 0 Å². The summed E-state index contributed by atoms with van der Waals surface area (Å²) in [5.74, 6) is -1.99. The van der Waals surface area contributed by atoms with Crippen LogP contribution in [0.25, 0.3) is 11.1 Å². The van der Waals surface area contributed by atoms with E-state index in [-0.39, 0.29) is 17.8 Å². The molecule has 0 spiro atoms. The molecule has 0 heterocycles. The standard InChI is InChI=1S/C21H17FN2O3/c22-16-7-9-17(15(10-16)12-23)14-6-8-18(21(26)27)19(11-14)24-20(25)13-4-2-1-3-5-13/h1-11H,12,23H2,(H,24,25)(H,26,27). The number of amides is 1. The summed E-state index contributed by atoms with van der Waals surface area (Å²) in [5, 5.41) is 12.1. The van der Waals surface area contributed by atoms with Gasteiger partial charge in [0.1, 0.15) is 5.82 Å². The molecule has 0 aliphatic heterocycles. The van der Waals surface area contributed by atoms with Crippen molar-refractivity contribution < 1.29 is 19.1 Å². The lowest BCUT2D eigenvalue weighted by molar-refractivity contribution is 0.0698. The third-order valence-electron chi connectivity index (χ3n) is 4.13. The first-order valence-corrected chi connectivity index (χ1v) is 8.22. The van der Waals surface area contributed by atoms with Crippen LogP contribution in [0.5, 0.6) is 0 Å². The Kier molecular flexibility index (Phi) is 5.28. The Labute approximate surface area is 155 Å². The van der Waals surface area contributed by atoms with E-state index in [1.165, 1.54) is 18.2 Å². The molecule has 0 bridgehead atoms. The molecule has 0 atom stereocenters. The van der Waals surface area contributed by atoms with Crippen molar-refractivity contribution in [1.29, 1.82) is 0 Å². The van der Waals surface area contributed by atoms with Crippen molar-refractivity contribution in [2.75, 3.05) is 5.32 Å². The van der Waals surface area contributed by atoms with Crippen LogP contribution in [0.15, 0.2) is 66.7 Å². The highest BCUT2D eigenvalue weighted by molar-refractivity contribution is 6.08. The summed E-state index contributed by atoms with van der Waals surface area (Å²) in [7, 11) is 0. The Morgan fingerprint density at radius 2 is 1.74 bits per heavy atom. The number of hydrogen-bond donors (Lipinski definition) is 3. The number of hydrogen-bond acceptors (Lipinski definition) is 3. The van der Waals surface area contributed by atoms with E-state index in [9.17, 15) is 19.1 Å². The Morgan fingerprint density at radius 1 is 1.00 bits per heavy atom. The molecular formula is C21H17FN2O3. The molecule has 136 valence electrons. The van der Waals surface area contributed by atoms with E-state index in [0.29, 0.717) is 22.3 Å². The number of rotatable bonds is 5. The van der Waals surface area contributed by atoms with Crippen LogP contribution in [0, 0.1) is 5.82 Å². The zero-order valence-electron chi connectivity index (χ0n) is 14.3. The molecule has 3 aromatic carbocycles. The molecule has 0 radical (unpaired) electrons. The molecular weight excluding hydrogens is 347 g/mol. The lowest BCUT2D eigenvalue weighted by Gasteiger charge is -2.13. The van der Waals surface area contributed by atoms with Crippen LogP contribution in [0.1, 0.15) is 26.3 Å². The van der Waals surface area contributed by atoms with Crippen molar-refractivity contribution in [2.45, 2.75) is 6.54 Å². The molecule has 0 unspecified atom stereocenters. The molecule has 1 amide bonds. The normalized spacial score (nSPS) is 10.4. The van der Waals surface area contributed by atoms with Crippen molar-refractivity contribution >= 4 is 17.6 Å². The van der Waals surface area contributed by atoms with Crippen molar-refractivity contribution in [3.8, 4) is 11.1 Å². The van der Waals surface area contributed by atoms with Gasteiger partial charge in [0.15, 0.2) is 0 Å². The minimum atomic E-state index is -1.16. The number of halogens is 1. The fourth-order valence-electron chi connectivity index (χ4n) is 2.80. The van der Waals surface area contributed by atoms with Gasteiger partial charge in [0, 0.05) is 12.1 Å². The smallest absolute Gasteiger partial charge is 0.337 e. The Balaban J connectivity index is 2.04. The predicted molar refractivity (Wildman–Crippen MR) is 101 cm³/mol. The highest BCUT2D eigenvalue weighted by Gasteiger charge is 2.16. The first-order valence-electron chi connectivity index (χ1n) is 8.22. The molecule has 4 N–H and O–H groups in total. The van der Waals surface area contributed by atoms with Crippen LogP contribution in [0.4, 0.5) is 10.1 Å². The summed E-state index contributed by atoms with van der Waals surface area (Å²) in [6, 6.07) is 17.3. The SMILES string of the molecule is NCc1cc(F)ccc1-c1ccc(C(=O)O)c(NC(=O)c2ccccc2)c1. The molecule has 0 saturated heterocycles. The fourth-order valence-corrected chi connectivity index (χ4v) is 2.80. The molecule has 3 aromatic rings. The molecule has 27 heavy (non-hydrogen) atoms. The van der Waals surface area contributed by atoms with Gasteiger partial charge in [-0.05, 0) is 53.1 Å². The quantitative estimate of drug-likeness (QED) is 0.640. The van der Waals surface area contributed by atoms with Crippen LogP contribution < -0.4 is 11.1 Å². The van der Waals surface area contributed by atoms with E-state index in [0.717, 1.165) is 0 Å². The van der Waals surface area contributed by atoms with E-state index < -0.39 is 17.7 Å². The molecule has 6 heteroatoms. The molecule has 3 rings (SSSR count). The average molecular weight is 364 g/mol. The van der Waals surface area contributed by atoms with E-state index in [2.05, 4.69) is 5.32 Å². The summed E-state index contributed by atoms with van der Waals surface area (Å²) in [6.07, 6.45) is 0. The Morgan fingerprint density at radius 3 is 2.41 bits per heavy atom. The number of carboxylic acid groups (broad SMARTS) is 1. The Bertz CT molecular complexity index is 1000. The second-order valence-electron chi connectivity index (χ2n) is 5.89. The second-order valence-corrected chi connectivity index (χ2v) is 5.89. The lowest BCUT2D eigenvalue weighted by atomic mass is 9.97. The van der Waals surface area contributed by atoms with Gasteiger partial charge in [0.25, 0.3) is 5.91 Å². The topological polar surface area (TPSA) is 92.4 Å². The van der Waals surface area contributed by atoms with E-state index in [1.54, 1.807) is 48.5 Å². The molecule has 0 saturated carbocycles. The number of carbonyl (C=O) groups excluding carboxylic acids is 1. The van der Waals surface area contributed by atoms with Gasteiger partial charge in [-0.3, -0.25) is 4.79 Å². The molecule has 0 aromatic heterocycles. The van der Waals surface area contributed by atoms with Crippen molar-refractivity contribution in [1.82, 2.24) is 0 Å². The molecule has 0 aliphatic rings. The van der Waals surface area contributed by atoms with Gasteiger partial charge in [-0.2, -0.15) is 0 Å². The minimum Gasteiger partial charge on any atom is -0.478 e. The molecule has 5 nitrogen and oxygen atoms in total. The molecule has 0 aliphatic carbocycles. The number of carboxylic acids is 1. The van der Waals surface area contributed by atoms with E-state index in [4.69, 9.17) is 5.73 Å². The third-order valence-corrected chi connectivity index (χ3v) is 4.13. The van der Waals surface area contributed by atoms with Gasteiger partial charge in [0.05, 0.1) is 11.3 Å². The highest BCUT2D eigenvalue weighted by atomic mass is 19.1. The average Bonchev–Trinajstić information content (AvgIpc) is 2.68. The van der Waals surface area contributed by atoms with Crippen LogP contribution in [0.2, 0.25) is 0 Å². The number of anilines is 1. The van der Waals surface area contributed by atoms with Gasteiger partial charge < -0.3 is 16.2 Å². The highest BCUT2D eigenvalue weighted by Crippen LogP contribution is 2.29. The summed E-state index contributed by atoms with van der Waals surface area (Å²) in [6.45, 7) is 0.124. The number of aromatic carboxylic acids is 1. The summed E-state index contributed by atoms with van der Waals surface area (Å²) < 4.78 is 13.5. The minimum absolute atomic E-state index is 0.0422. The largest absolute Gasteiger partial charge is 0.478 e. The maximum atomic E-state index is 13.5. The first kappa shape index (κ1) is 18.3. The van der Waals surface area contributed by atoms with Crippen LogP contribution >= 0.6 is 0 Å². The van der Waals surface area contributed by atoms with Gasteiger partial charge in [-0.25, -0.2) is 9.18 Å². The number of benzene rings is 3. The number of carbonyl (C=O) groups is 2. The van der Waals surface area contributed by atoms with Crippen LogP contribution in [-0.2, 0) is 6.54 Å². The fraction of sp³-hybridized carbons (Fsp3) is 0.0476. The third kappa shape index (κ3) is 4.02. The maximum absolute atomic E-state index is 13.5. The summed E-state index contributed by atoms with van der Waals surface area (Å²) >= 11 is 0. The monoisotopic (exact) mass is 364 g/mol. The lowest BCUT2D eigenvalue weighted by Crippen LogP contribution is -2.15. The predicted octanol–water partition coefficient (Wildman–Crippen LogP) is 3.90. The van der Waals surface area contributed by atoms with Gasteiger partial charge in [-0.15, -0.1) is 0 Å². The maximum Gasteiger partial charge on any atom is 0.337 e. The van der Waals surface area contributed by atoms with Crippen LogP contribution in [-0.4, -0.2) is 17.0 Å². The second kappa shape index (κ2) is 7.80. The van der Waals surface area contributed by atoms with Crippen molar-refractivity contribution in [2.24, 2.45) is 5.73 Å². The van der Waals surface area contributed by atoms with Gasteiger partial charge >= 0.3 is 5.97 Å². The summed E-state index contributed by atoms with van der Waals surface area (Å²) in [5.41, 5.74) is 8.10. The van der Waals surface area contributed by atoms with Crippen molar-refractivity contribution in [3.05, 3.63) is 89.2 Å². The number of nitrogens with one attached hydrogen (secondary N) is 1.